The van der Waals surface area contributed by atoms with Gasteiger partial charge in [-0.1, -0.05) is 110 Å². The summed E-state index contributed by atoms with van der Waals surface area (Å²) in [4.78, 5) is 2.26. The van der Waals surface area contributed by atoms with Gasteiger partial charge in [0.05, 0.1) is 44.2 Å². The zero-order valence-corrected chi connectivity index (χ0v) is 28.2. The van der Waals surface area contributed by atoms with Gasteiger partial charge in [0.2, 0.25) is 0 Å². The molecule has 0 amide bonds. The third-order valence-corrected chi connectivity index (χ3v) is 9.24. The average molecular weight is 673 g/mol. The SMILES string of the molecule is OC[C@@H](NC[C@@H](O)COC1CCCCC1)[C@@H](OCc1ccccc1)[C@H](Cc1cc(F)cc(F)c1)N(Cc1ccccc1)Cc1ccccc1. The van der Waals surface area contributed by atoms with E-state index in [9.17, 15) is 19.0 Å². The van der Waals surface area contributed by atoms with Crippen molar-refractivity contribution in [1.29, 1.82) is 0 Å². The Balaban J connectivity index is 1.47. The molecule has 0 heterocycles. The molecular formula is C41H50F2N2O4. The number of aliphatic hydroxyl groups is 2. The smallest absolute Gasteiger partial charge is 0.126 e. The molecule has 262 valence electrons. The highest BCUT2D eigenvalue weighted by atomic mass is 19.1. The van der Waals surface area contributed by atoms with Crippen LogP contribution in [-0.4, -0.2) is 65.3 Å². The van der Waals surface area contributed by atoms with Crippen LogP contribution in [0.15, 0.2) is 109 Å². The van der Waals surface area contributed by atoms with Crippen molar-refractivity contribution in [1.82, 2.24) is 10.2 Å². The van der Waals surface area contributed by atoms with E-state index in [2.05, 4.69) is 34.5 Å². The van der Waals surface area contributed by atoms with Gasteiger partial charge in [-0.25, -0.2) is 8.78 Å². The fraction of sp³-hybridized carbons (Fsp3) is 0.415. The molecule has 0 unspecified atom stereocenters. The van der Waals surface area contributed by atoms with Crippen LogP contribution in [0.2, 0.25) is 0 Å². The molecular weight excluding hydrogens is 622 g/mol. The number of hydrogen-bond donors (Lipinski definition) is 3. The minimum Gasteiger partial charge on any atom is -0.395 e. The minimum atomic E-state index is -0.786. The molecule has 1 fully saturated rings. The molecule has 0 aromatic heterocycles. The van der Waals surface area contributed by atoms with Gasteiger partial charge >= 0.3 is 0 Å². The largest absolute Gasteiger partial charge is 0.395 e. The molecule has 0 radical (unpaired) electrons. The molecule has 3 N–H and O–H groups in total. The molecule has 1 aliphatic carbocycles. The quantitative estimate of drug-likeness (QED) is 0.102. The van der Waals surface area contributed by atoms with Crippen LogP contribution in [0.3, 0.4) is 0 Å². The van der Waals surface area contributed by atoms with Gasteiger partial charge in [-0.05, 0) is 53.6 Å². The molecule has 0 saturated heterocycles. The van der Waals surface area contributed by atoms with Crippen molar-refractivity contribution in [3.05, 3.63) is 143 Å². The Kier molecular flexibility index (Phi) is 14.7. The molecule has 8 heteroatoms. The van der Waals surface area contributed by atoms with Crippen LogP contribution in [0, 0.1) is 11.6 Å². The number of halogens is 2. The first-order valence-corrected chi connectivity index (χ1v) is 17.5. The molecule has 49 heavy (non-hydrogen) atoms. The maximum Gasteiger partial charge on any atom is 0.126 e. The van der Waals surface area contributed by atoms with Crippen molar-refractivity contribution < 1.29 is 28.5 Å². The predicted molar refractivity (Wildman–Crippen MR) is 189 cm³/mol. The fourth-order valence-corrected chi connectivity index (χ4v) is 6.72. The second kappa shape index (κ2) is 19.6. The number of nitrogens with one attached hydrogen (secondary N) is 1. The first kappa shape index (κ1) is 36.8. The summed E-state index contributed by atoms with van der Waals surface area (Å²) in [6.45, 7) is 1.41. The van der Waals surface area contributed by atoms with Crippen molar-refractivity contribution in [3.8, 4) is 0 Å². The third kappa shape index (κ3) is 12.1. The first-order valence-electron chi connectivity index (χ1n) is 17.5. The Morgan fingerprint density at radius 2 is 1.29 bits per heavy atom. The molecule has 5 rings (SSSR count). The molecule has 4 aromatic carbocycles. The molecule has 0 aliphatic heterocycles. The summed E-state index contributed by atoms with van der Waals surface area (Å²) in [6.07, 6.45) is 4.50. The topological polar surface area (TPSA) is 74.2 Å². The van der Waals surface area contributed by atoms with Crippen molar-refractivity contribution in [3.63, 3.8) is 0 Å². The number of aliphatic hydroxyl groups excluding tert-OH is 2. The molecule has 1 saturated carbocycles. The van der Waals surface area contributed by atoms with Crippen LogP contribution in [0.4, 0.5) is 8.78 Å². The van der Waals surface area contributed by atoms with E-state index in [1.807, 2.05) is 66.7 Å². The summed E-state index contributed by atoms with van der Waals surface area (Å²) in [5.74, 6) is -1.29. The van der Waals surface area contributed by atoms with E-state index in [1.165, 1.54) is 18.6 Å². The lowest BCUT2D eigenvalue weighted by Gasteiger charge is -2.41. The van der Waals surface area contributed by atoms with Gasteiger partial charge in [0.1, 0.15) is 11.6 Å². The zero-order chi connectivity index (χ0) is 34.3. The predicted octanol–water partition coefficient (Wildman–Crippen LogP) is 6.82. The van der Waals surface area contributed by atoms with Crippen LogP contribution >= 0.6 is 0 Å². The highest BCUT2D eigenvalue weighted by Crippen LogP contribution is 2.25. The second-order valence-corrected chi connectivity index (χ2v) is 13.1. The number of benzene rings is 4. The Morgan fingerprint density at radius 1 is 0.735 bits per heavy atom. The van der Waals surface area contributed by atoms with Gasteiger partial charge in [-0.2, -0.15) is 0 Å². The maximum absolute atomic E-state index is 14.6. The van der Waals surface area contributed by atoms with Gasteiger partial charge in [-0.3, -0.25) is 4.90 Å². The number of hydrogen-bond acceptors (Lipinski definition) is 6. The maximum atomic E-state index is 14.6. The summed E-state index contributed by atoms with van der Waals surface area (Å²) < 4.78 is 42.0. The number of ether oxygens (including phenoxy) is 2. The van der Waals surface area contributed by atoms with E-state index in [0.717, 1.165) is 48.4 Å². The zero-order valence-electron chi connectivity index (χ0n) is 28.2. The van der Waals surface area contributed by atoms with Crippen molar-refractivity contribution in [2.75, 3.05) is 19.8 Å². The van der Waals surface area contributed by atoms with Crippen molar-refractivity contribution in [2.24, 2.45) is 0 Å². The van der Waals surface area contributed by atoms with Crippen molar-refractivity contribution in [2.45, 2.75) is 88.6 Å². The van der Waals surface area contributed by atoms with E-state index in [-0.39, 0.29) is 38.9 Å². The van der Waals surface area contributed by atoms with Gasteiger partial charge in [0.15, 0.2) is 0 Å². The summed E-state index contributed by atoms with van der Waals surface area (Å²) >= 11 is 0. The lowest BCUT2D eigenvalue weighted by atomic mass is 9.93. The average Bonchev–Trinajstić information content (AvgIpc) is 3.12. The lowest BCUT2D eigenvalue weighted by Crippen LogP contribution is -2.57. The summed E-state index contributed by atoms with van der Waals surface area (Å²) in [5, 5.41) is 25.2. The molecule has 0 bridgehead atoms. The molecule has 0 spiro atoms. The summed E-state index contributed by atoms with van der Waals surface area (Å²) in [7, 11) is 0. The summed E-state index contributed by atoms with van der Waals surface area (Å²) in [6, 6.07) is 32.5. The lowest BCUT2D eigenvalue weighted by molar-refractivity contribution is -0.0634. The number of nitrogens with zero attached hydrogens (tertiary/aromatic N) is 1. The van der Waals surface area contributed by atoms with E-state index < -0.39 is 35.9 Å². The molecule has 4 atom stereocenters. The van der Waals surface area contributed by atoms with Crippen LogP contribution in [0.1, 0.15) is 54.4 Å². The molecule has 1 aliphatic rings. The Bertz CT molecular complexity index is 1430. The normalized spacial score (nSPS) is 16.3. The Hall–Kier alpha value is -3.50. The van der Waals surface area contributed by atoms with Crippen molar-refractivity contribution >= 4 is 0 Å². The van der Waals surface area contributed by atoms with Gasteiger partial charge in [-0.15, -0.1) is 0 Å². The minimum absolute atomic E-state index is 0.166. The van der Waals surface area contributed by atoms with Gasteiger partial charge in [0.25, 0.3) is 0 Å². The van der Waals surface area contributed by atoms with Crippen LogP contribution in [0.5, 0.6) is 0 Å². The van der Waals surface area contributed by atoms with Crippen LogP contribution in [-0.2, 0) is 35.6 Å². The standard InChI is InChI=1S/C41H50F2N2O4/c42-35-21-34(22-36(43)24-35)23-40(45(26-31-13-5-1-6-14-31)27-32-15-7-2-8-16-32)41(49-29-33-17-9-3-10-18-33)39(28-46)44-25-37(47)30-48-38-19-11-4-12-20-38/h1-3,5-10,13-18,21-22,24,37-41,44,46-47H,4,11-12,19-20,23,25-30H2/t37-,39-,40+,41-/m1/s1. The Morgan fingerprint density at radius 3 is 1.84 bits per heavy atom. The number of rotatable bonds is 19. The monoisotopic (exact) mass is 672 g/mol. The molecule has 6 nitrogen and oxygen atoms in total. The Labute approximate surface area is 289 Å². The highest BCUT2D eigenvalue weighted by Gasteiger charge is 2.35. The van der Waals surface area contributed by atoms with E-state index >= 15 is 0 Å². The van der Waals surface area contributed by atoms with Crippen LogP contribution < -0.4 is 5.32 Å². The van der Waals surface area contributed by atoms with E-state index in [1.54, 1.807) is 0 Å². The second-order valence-electron chi connectivity index (χ2n) is 13.1. The van der Waals surface area contributed by atoms with Gasteiger partial charge in [0, 0.05) is 31.7 Å². The van der Waals surface area contributed by atoms with E-state index in [0.29, 0.717) is 18.7 Å². The van der Waals surface area contributed by atoms with E-state index in [4.69, 9.17) is 9.47 Å². The van der Waals surface area contributed by atoms with Gasteiger partial charge < -0.3 is 25.0 Å². The first-order chi connectivity index (χ1) is 24.0. The van der Waals surface area contributed by atoms with Crippen LogP contribution in [0.25, 0.3) is 0 Å². The highest BCUT2D eigenvalue weighted by molar-refractivity contribution is 5.22. The third-order valence-electron chi connectivity index (χ3n) is 9.24. The fourth-order valence-electron chi connectivity index (χ4n) is 6.72. The molecule has 4 aromatic rings. The summed E-state index contributed by atoms with van der Waals surface area (Å²) in [5.41, 5.74) is 3.58.